The van der Waals surface area contributed by atoms with Crippen molar-refractivity contribution in [2.45, 2.75) is 13.8 Å². The Balaban J connectivity index is 1.91. The average Bonchev–Trinajstić information content (AvgIpc) is 2.94. The first-order valence-corrected chi connectivity index (χ1v) is 8.40. The van der Waals surface area contributed by atoms with Crippen molar-refractivity contribution in [3.63, 3.8) is 0 Å². The standard InChI is InChI=1S/C19H19ClN4O2/c1-12-18(20)13(2)24(22-12)15-7-5-6-14(10-15)19(25)23(3)16-8-9-17(26-4)21-11-16/h5-11H,1-4H3. The Morgan fingerprint density at radius 3 is 2.58 bits per heavy atom. The van der Waals surface area contributed by atoms with E-state index in [2.05, 4.69) is 10.1 Å². The zero-order valence-corrected chi connectivity index (χ0v) is 15.8. The predicted octanol–water partition coefficient (Wildman–Crippen LogP) is 3.82. The van der Waals surface area contributed by atoms with Crippen LogP contribution in [-0.4, -0.2) is 34.8 Å². The molecule has 0 fully saturated rings. The van der Waals surface area contributed by atoms with Crippen LogP contribution in [0.3, 0.4) is 0 Å². The second-order valence-electron chi connectivity index (χ2n) is 5.87. The molecule has 2 aromatic heterocycles. The predicted molar refractivity (Wildman–Crippen MR) is 102 cm³/mol. The van der Waals surface area contributed by atoms with E-state index in [9.17, 15) is 4.79 Å². The molecule has 0 atom stereocenters. The highest BCUT2D eigenvalue weighted by atomic mass is 35.5. The second-order valence-corrected chi connectivity index (χ2v) is 6.25. The van der Waals surface area contributed by atoms with E-state index in [0.717, 1.165) is 17.1 Å². The number of amides is 1. The molecule has 0 bridgehead atoms. The number of ether oxygens (including phenoxy) is 1. The minimum Gasteiger partial charge on any atom is -0.481 e. The van der Waals surface area contributed by atoms with E-state index in [1.54, 1.807) is 54.2 Å². The fourth-order valence-corrected chi connectivity index (χ4v) is 2.77. The number of anilines is 1. The van der Waals surface area contributed by atoms with Gasteiger partial charge in [-0.2, -0.15) is 5.10 Å². The van der Waals surface area contributed by atoms with E-state index in [-0.39, 0.29) is 5.91 Å². The number of benzene rings is 1. The molecule has 0 saturated carbocycles. The Kier molecular flexibility index (Phi) is 4.95. The Morgan fingerprint density at radius 1 is 1.23 bits per heavy atom. The van der Waals surface area contributed by atoms with Gasteiger partial charge in [-0.3, -0.25) is 4.79 Å². The summed E-state index contributed by atoms with van der Waals surface area (Å²) in [6.45, 7) is 3.75. The summed E-state index contributed by atoms with van der Waals surface area (Å²) in [6.07, 6.45) is 1.60. The molecular weight excluding hydrogens is 352 g/mol. The van der Waals surface area contributed by atoms with Gasteiger partial charge in [0.2, 0.25) is 5.88 Å². The molecule has 7 heteroatoms. The van der Waals surface area contributed by atoms with E-state index < -0.39 is 0 Å². The summed E-state index contributed by atoms with van der Waals surface area (Å²) < 4.78 is 6.79. The molecule has 0 aliphatic rings. The average molecular weight is 371 g/mol. The molecule has 0 aliphatic carbocycles. The molecule has 1 aromatic carbocycles. The largest absolute Gasteiger partial charge is 0.481 e. The van der Waals surface area contributed by atoms with Crippen molar-refractivity contribution >= 4 is 23.2 Å². The molecule has 6 nitrogen and oxygen atoms in total. The number of carbonyl (C=O) groups excluding carboxylic acids is 1. The zero-order chi connectivity index (χ0) is 18.8. The lowest BCUT2D eigenvalue weighted by molar-refractivity contribution is 0.0993. The summed E-state index contributed by atoms with van der Waals surface area (Å²) >= 11 is 6.23. The van der Waals surface area contributed by atoms with Crippen LogP contribution >= 0.6 is 11.6 Å². The van der Waals surface area contributed by atoms with Crippen LogP contribution in [0.15, 0.2) is 42.6 Å². The first-order chi connectivity index (χ1) is 12.4. The van der Waals surface area contributed by atoms with Crippen molar-refractivity contribution in [1.29, 1.82) is 0 Å². The normalized spacial score (nSPS) is 10.7. The summed E-state index contributed by atoms with van der Waals surface area (Å²) in [4.78, 5) is 18.5. The highest BCUT2D eigenvalue weighted by Crippen LogP contribution is 2.23. The lowest BCUT2D eigenvalue weighted by Gasteiger charge is -2.17. The molecule has 26 heavy (non-hydrogen) atoms. The van der Waals surface area contributed by atoms with Crippen LogP contribution in [0.1, 0.15) is 21.7 Å². The van der Waals surface area contributed by atoms with Gasteiger partial charge in [-0.05, 0) is 38.1 Å². The smallest absolute Gasteiger partial charge is 0.258 e. The second kappa shape index (κ2) is 7.17. The van der Waals surface area contributed by atoms with Gasteiger partial charge in [0.05, 0.1) is 41.1 Å². The SMILES string of the molecule is COc1ccc(N(C)C(=O)c2cccc(-n3nc(C)c(Cl)c3C)c2)cn1. The summed E-state index contributed by atoms with van der Waals surface area (Å²) in [5, 5.41) is 5.07. The maximum atomic E-state index is 12.9. The van der Waals surface area contributed by atoms with Gasteiger partial charge in [0.15, 0.2) is 0 Å². The molecule has 0 radical (unpaired) electrons. The number of methoxy groups -OCH3 is 1. The number of aromatic nitrogens is 3. The molecule has 2 heterocycles. The third-order valence-electron chi connectivity index (χ3n) is 4.16. The number of hydrogen-bond acceptors (Lipinski definition) is 4. The minimum absolute atomic E-state index is 0.147. The fraction of sp³-hybridized carbons (Fsp3) is 0.211. The molecule has 0 saturated heterocycles. The van der Waals surface area contributed by atoms with E-state index in [0.29, 0.717) is 22.2 Å². The topological polar surface area (TPSA) is 60.2 Å². The van der Waals surface area contributed by atoms with Gasteiger partial charge in [0, 0.05) is 18.7 Å². The van der Waals surface area contributed by atoms with Crippen molar-refractivity contribution in [3.05, 3.63) is 64.6 Å². The van der Waals surface area contributed by atoms with Crippen LogP contribution in [0.5, 0.6) is 5.88 Å². The molecule has 0 N–H and O–H groups in total. The Morgan fingerprint density at radius 2 is 2.00 bits per heavy atom. The molecule has 0 unspecified atom stereocenters. The number of pyridine rings is 1. The number of rotatable bonds is 4. The third-order valence-corrected chi connectivity index (χ3v) is 4.71. The number of hydrogen-bond donors (Lipinski definition) is 0. The lowest BCUT2D eigenvalue weighted by atomic mass is 10.1. The van der Waals surface area contributed by atoms with Gasteiger partial charge in [-0.25, -0.2) is 9.67 Å². The quantitative estimate of drug-likeness (QED) is 0.700. The van der Waals surface area contributed by atoms with Crippen molar-refractivity contribution in [3.8, 4) is 11.6 Å². The van der Waals surface area contributed by atoms with Gasteiger partial charge in [-0.1, -0.05) is 17.7 Å². The van der Waals surface area contributed by atoms with Crippen molar-refractivity contribution in [2.75, 3.05) is 19.1 Å². The van der Waals surface area contributed by atoms with E-state index in [1.165, 1.54) is 0 Å². The first-order valence-electron chi connectivity index (χ1n) is 8.02. The van der Waals surface area contributed by atoms with Crippen LogP contribution in [0.4, 0.5) is 5.69 Å². The highest BCUT2D eigenvalue weighted by Gasteiger charge is 2.16. The van der Waals surface area contributed by atoms with Crippen molar-refractivity contribution in [2.24, 2.45) is 0 Å². The molecule has 3 rings (SSSR count). The van der Waals surface area contributed by atoms with E-state index in [4.69, 9.17) is 16.3 Å². The minimum atomic E-state index is -0.147. The summed E-state index contributed by atoms with van der Waals surface area (Å²) in [5.74, 6) is 0.351. The van der Waals surface area contributed by atoms with Crippen molar-refractivity contribution in [1.82, 2.24) is 14.8 Å². The van der Waals surface area contributed by atoms with Gasteiger partial charge >= 0.3 is 0 Å². The highest BCUT2D eigenvalue weighted by molar-refractivity contribution is 6.31. The maximum absolute atomic E-state index is 12.9. The first kappa shape index (κ1) is 17.9. The molecular formula is C19H19ClN4O2. The molecule has 134 valence electrons. The van der Waals surface area contributed by atoms with Crippen molar-refractivity contribution < 1.29 is 9.53 Å². The molecule has 0 aliphatic heterocycles. The Labute approximate surface area is 157 Å². The van der Waals surface area contributed by atoms with E-state index >= 15 is 0 Å². The third kappa shape index (κ3) is 3.28. The number of nitrogens with zero attached hydrogens (tertiary/aromatic N) is 4. The Bertz CT molecular complexity index is 951. The van der Waals surface area contributed by atoms with Gasteiger partial charge in [-0.15, -0.1) is 0 Å². The van der Waals surface area contributed by atoms with Gasteiger partial charge in [0.25, 0.3) is 5.91 Å². The summed E-state index contributed by atoms with van der Waals surface area (Å²) in [5.41, 5.74) is 3.59. The van der Waals surface area contributed by atoms with Gasteiger partial charge in [0.1, 0.15) is 0 Å². The Hall–Kier alpha value is -2.86. The fourth-order valence-electron chi connectivity index (χ4n) is 2.65. The van der Waals surface area contributed by atoms with Crippen LogP contribution in [0.25, 0.3) is 5.69 Å². The van der Waals surface area contributed by atoms with Crippen LogP contribution < -0.4 is 9.64 Å². The number of carbonyl (C=O) groups is 1. The van der Waals surface area contributed by atoms with E-state index in [1.807, 2.05) is 26.0 Å². The summed E-state index contributed by atoms with van der Waals surface area (Å²) in [7, 11) is 3.26. The zero-order valence-electron chi connectivity index (χ0n) is 15.0. The number of halogens is 1. The monoisotopic (exact) mass is 370 g/mol. The molecule has 1 amide bonds. The van der Waals surface area contributed by atoms with Crippen LogP contribution in [-0.2, 0) is 0 Å². The number of aryl methyl sites for hydroxylation is 1. The maximum Gasteiger partial charge on any atom is 0.258 e. The summed E-state index contributed by atoms with van der Waals surface area (Å²) in [6, 6.07) is 10.8. The molecule has 3 aromatic rings. The van der Waals surface area contributed by atoms with Gasteiger partial charge < -0.3 is 9.64 Å². The van der Waals surface area contributed by atoms with Crippen LogP contribution in [0.2, 0.25) is 5.02 Å². The van der Waals surface area contributed by atoms with Crippen LogP contribution in [0, 0.1) is 13.8 Å². The lowest BCUT2D eigenvalue weighted by Crippen LogP contribution is -2.26. The molecule has 0 spiro atoms.